The quantitative estimate of drug-likeness (QED) is 0.778. The fourth-order valence-electron chi connectivity index (χ4n) is 2.75. The first kappa shape index (κ1) is 10.3. The van der Waals surface area contributed by atoms with Crippen molar-refractivity contribution in [2.45, 2.75) is 38.6 Å². The number of hydrogen-bond donors (Lipinski definition) is 0. The van der Waals surface area contributed by atoms with Crippen molar-refractivity contribution < 1.29 is 0 Å². The Morgan fingerprint density at radius 1 is 1.31 bits per heavy atom. The molecular weight excluding hydrogens is 198 g/mol. The summed E-state index contributed by atoms with van der Waals surface area (Å²) in [5, 5.41) is 4.35. The van der Waals surface area contributed by atoms with Gasteiger partial charge in [-0.3, -0.25) is 4.68 Å². The molecule has 0 atom stereocenters. The van der Waals surface area contributed by atoms with Crippen LogP contribution >= 0.6 is 0 Å². The standard InChI is InChI=1S/C13H21N3/c1-13(5-6-13)11-15-9-3-12(4-10-15)16-8-2-7-14-16/h2,7-8,12H,3-6,9-11H2,1H3. The lowest BCUT2D eigenvalue weighted by Gasteiger charge is -2.33. The molecule has 3 rings (SSSR count). The van der Waals surface area contributed by atoms with E-state index >= 15 is 0 Å². The summed E-state index contributed by atoms with van der Waals surface area (Å²) >= 11 is 0. The third-order valence-corrected chi connectivity index (χ3v) is 4.16. The van der Waals surface area contributed by atoms with Crippen molar-refractivity contribution in [1.29, 1.82) is 0 Å². The second kappa shape index (κ2) is 3.88. The van der Waals surface area contributed by atoms with Gasteiger partial charge in [-0.25, -0.2) is 0 Å². The second-order valence-corrected chi connectivity index (χ2v) is 5.80. The van der Waals surface area contributed by atoms with Gasteiger partial charge in [-0.05, 0) is 37.2 Å². The molecule has 1 saturated heterocycles. The maximum Gasteiger partial charge on any atom is 0.0543 e. The van der Waals surface area contributed by atoms with E-state index in [4.69, 9.17) is 0 Å². The first-order valence-corrected chi connectivity index (χ1v) is 6.47. The Kier molecular flexibility index (Phi) is 2.51. The smallest absolute Gasteiger partial charge is 0.0543 e. The summed E-state index contributed by atoms with van der Waals surface area (Å²) in [5.74, 6) is 0. The van der Waals surface area contributed by atoms with Crippen molar-refractivity contribution >= 4 is 0 Å². The van der Waals surface area contributed by atoms with Crippen molar-refractivity contribution in [3.63, 3.8) is 0 Å². The van der Waals surface area contributed by atoms with Gasteiger partial charge in [0.1, 0.15) is 0 Å². The lowest BCUT2D eigenvalue weighted by molar-refractivity contribution is 0.155. The van der Waals surface area contributed by atoms with E-state index in [1.807, 2.05) is 12.3 Å². The average Bonchev–Trinajstić information content (AvgIpc) is 2.83. The van der Waals surface area contributed by atoms with E-state index in [0.717, 1.165) is 0 Å². The van der Waals surface area contributed by atoms with E-state index in [-0.39, 0.29) is 0 Å². The summed E-state index contributed by atoms with van der Waals surface area (Å²) in [6.45, 7) is 6.24. The maximum absolute atomic E-state index is 4.35. The molecule has 16 heavy (non-hydrogen) atoms. The molecule has 1 aliphatic carbocycles. The molecule has 3 heteroatoms. The molecule has 2 heterocycles. The molecule has 88 valence electrons. The molecule has 0 spiro atoms. The highest BCUT2D eigenvalue weighted by Gasteiger charge is 2.39. The Morgan fingerprint density at radius 3 is 2.62 bits per heavy atom. The van der Waals surface area contributed by atoms with Crippen LogP contribution in [0.15, 0.2) is 18.5 Å². The van der Waals surface area contributed by atoms with E-state index in [0.29, 0.717) is 11.5 Å². The molecule has 1 aromatic rings. The normalized spacial score (nSPS) is 25.8. The van der Waals surface area contributed by atoms with Crippen LogP contribution in [0.1, 0.15) is 38.6 Å². The minimum Gasteiger partial charge on any atom is -0.303 e. The molecule has 0 bridgehead atoms. The zero-order valence-electron chi connectivity index (χ0n) is 10.1. The number of rotatable bonds is 3. The van der Waals surface area contributed by atoms with Crippen LogP contribution in [0.4, 0.5) is 0 Å². The molecule has 2 fully saturated rings. The number of piperidine rings is 1. The third-order valence-electron chi connectivity index (χ3n) is 4.16. The van der Waals surface area contributed by atoms with E-state index in [9.17, 15) is 0 Å². The van der Waals surface area contributed by atoms with Gasteiger partial charge in [-0.1, -0.05) is 6.92 Å². The molecule has 0 radical (unpaired) electrons. The average molecular weight is 219 g/mol. The van der Waals surface area contributed by atoms with Crippen LogP contribution in [0.5, 0.6) is 0 Å². The fraction of sp³-hybridized carbons (Fsp3) is 0.769. The highest BCUT2D eigenvalue weighted by atomic mass is 15.3. The van der Waals surface area contributed by atoms with Gasteiger partial charge < -0.3 is 4.90 Å². The van der Waals surface area contributed by atoms with Gasteiger partial charge in [0.15, 0.2) is 0 Å². The minimum atomic E-state index is 0.637. The first-order chi connectivity index (χ1) is 7.75. The summed E-state index contributed by atoms with van der Waals surface area (Å²) in [6.07, 6.45) is 9.38. The van der Waals surface area contributed by atoms with E-state index in [2.05, 4.69) is 27.8 Å². The molecule has 0 amide bonds. The predicted octanol–water partition coefficient (Wildman–Crippen LogP) is 2.32. The highest BCUT2D eigenvalue weighted by Crippen LogP contribution is 2.45. The number of hydrogen-bond acceptors (Lipinski definition) is 2. The molecule has 1 saturated carbocycles. The summed E-state index contributed by atoms with van der Waals surface area (Å²) in [4.78, 5) is 2.65. The van der Waals surface area contributed by atoms with Gasteiger partial charge in [-0.15, -0.1) is 0 Å². The van der Waals surface area contributed by atoms with E-state index < -0.39 is 0 Å². The fourth-order valence-corrected chi connectivity index (χ4v) is 2.75. The topological polar surface area (TPSA) is 21.1 Å². The molecule has 0 N–H and O–H groups in total. The van der Waals surface area contributed by atoms with Crippen LogP contribution in [0.3, 0.4) is 0 Å². The van der Waals surface area contributed by atoms with Crippen LogP contribution in [-0.4, -0.2) is 34.3 Å². The van der Waals surface area contributed by atoms with Gasteiger partial charge in [0.25, 0.3) is 0 Å². The van der Waals surface area contributed by atoms with Crippen molar-refractivity contribution in [2.75, 3.05) is 19.6 Å². The third kappa shape index (κ3) is 2.14. The molecular formula is C13H21N3. The van der Waals surface area contributed by atoms with Crippen molar-refractivity contribution in [3.8, 4) is 0 Å². The summed E-state index contributed by atoms with van der Waals surface area (Å²) in [7, 11) is 0. The molecule has 0 unspecified atom stereocenters. The monoisotopic (exact) mass is 219 g/mol. The molecule has 0 aromatic carbocycles. The van der Waals surface area contributed by atoms with Gasteiger partial charge in [-0.2, -0.15) is 5.10 Å². The minimum absolute atomic E-state index is 0.637. The van der Waals surface area contributed by atoms with Crippen LogP contribution in [0.25, 0.3) is 0 Å². The number of likely N-dealkylation sites (tertiary alicyclic amines) is 1. The summed E-state index contributed by atoms with van der Waals surface area (Å²) < 4.78 is 2.14. The molecule has 2 aliphatic rings. The van der Waals surface area contributed by atoms with Crippen LogP contribution in [-0.2, 0) is 0 Å². The molecule has 1 aliphatic heterocycles. The number of aromatic nitrogens is 2. The zero-order valence-corrected chi connectivity index (χ0v) is 10.1. The largest absolute Gasteiger partial charge is 0.303 e. The highest BCUT2D eigenvalue weighted by molar-refractivity contribution is 4.92. The predicted molar refractivity (Wildman–Crippen MR) is 64.3 cm³/mol. The molecule has 3 nitrogen and oxygen atoms in total. The Balaban J connectivity index is 1.52. The summed E-state index contributed by atoms with van der Waals surface area (Å²) in [6, 6.07) is 2.66. The summed E-state index contributed by atoms with van der Waals surface area (Å²) in [5.41, 5.74) is 0.665. The zero-order chi connectivity index (χ0) is 11.0. The van der Waals surface area contributed by atoms with Gasteiger partial charge >= 0.3 is 0 Å². The SMILES string of the molecule is CC1(CN2CCC(n3cccn3)CC2)CC1. The van der Waals surface area contributed by atoms with E-state index in [1.165, 1.54) is 45.3 Å². The van der Waals surface area contributed by atoms with Crippen LogP contribution < -0.4 is 0 Å². The van der Waals surface area contributed by atoms with Gasteiger partial charge in [0.05, 0.1) is 6.04 Å². The second-order valence-electron chi connectivity index (χ2n) is 5.80. The van der Waals surface area contributed by atoms with Gasteiger partial charge in [0.2, 0.25) is 0 Å². The maximum atomic E-state index is 4.35. The van der Waals surface area contributed by atoms with E-state index in [1.54, 1.807) is 0 Å². The Bertz CT molecular complexity index is 332. The van der Waals surface area contributed by atoms with Gasteiger partial charge in [0, 0.05) is 32.0 Å². The Morgan fingerprint density at radius 2 is 2.06 bits per heavy atom. The lowest BCUT2D eigenvalue weighted by Crippen LogP contribution is -2.37. The van der Waals surface area contributed by atoms with Crippen molar-refractivity contribution in [1.82, 2.24) is 14.7 Å². The van der Waals surface area contributed by atoms with Crippen molar-refractivity contribution in [2.24, 2.45) is 5.41 Å². The lowest BCUT2D eigenvalue weighted by atomic mass is 10.0. The Hall–Kier alpha value is -0.830. The van der Waals surface area contributed by atoms with Crippen molar-refractivity contribution in [3.05, 3.63) is 18.5 Å². The Labute approximate surface area is 97.4 Å². The first-order valence-electron chi connectivity index (χ1n) is 6.47. The molecule has 1 aromatic heterocycles. The number of nitrogens with zero attached hydrogens (tertiary/aromatic N) is 3. The van der Waals surface area contributed by atoms with Crippen LogP contribution in [0.2, 0.25) is 0 Å². The van der Waals surface area contributed by atoms with Crippen LogP contribution in [0, 0.1) is 5.41 Å².